The molecule has 2 aliphatic heterocycles. The molecule has 2 aromatic carbocycles. The van der Waals surface area contributed by atoms with Crippen molar-refractivity contribution < 1.29 is 18.4 Å². The normalized spacial score (nSPS) is 14.4. The van der Waals surface area contributed by atoms with Crippen molar-refractivity contribution in [3.05, 3.63) is 123 Å². The third kappa shape index (κ3) is 4.63. The first-order valence-electron chi connectivity index (χ1n) is 11.2. The molecule has 0 radical (unpaired) electrons. The van der Waals surface area contributed by atoms with Crippen molar-refractivity contribution in [2.45, 2.75) is 13.1 Å². The number of nitrogens with one attached hydrogen (secondary N) is 1. The van der Waals surface area contributed by atoms with Crippen LogP contribution in [0.3, 0.4) is 0 Å². The van der Waals surface area contributed by atoms with Crippen molar-refractivity contribution in [3.63, 3.8) is 0 Å². The van der Waals surface area contributed by atoms with Gasteiger partial charge in [-0.15, -0.1) is 0 Å². The van der Waals surface area contributed by atoms with Crippen molar-refractivity contribution in [3.8, 4) is 0 Å². The molecule has 0 unspecified atom stereocenters. The van der Waals surface area contributed by atoms with Gasteiger partial charge in [0.1, 0.15) is 17.9 Å². The zero-order valence-corrected chi connectivity index (χ0v) is 18.9. The largest absolute Gasteiger partial charge is 0.348 e. The van der Waals surface area contributed by atoms with Crippen molar-refractivity contribution in [2.24, 2.45) is 4.99 Å². The van der Waals surface area contributed by atoms with E-state index in [0.717, 1.165) is 28.8 Å². The van der Waals surface area contributed by atoms with Gasteiger partial charge in [0.05, 0.1) is 6.54 Å². The predicted molar refractivity (Wildman–Crippen MR) is 130 cm³/mol. The monoisotopic (exact) mass is 486 g/mol. The summed E-state index contributed by atoms with van der Waals surface area (Å²) in [4.78, 5) is 43.3. The molecule has 0 fully saturated rings. The molecule has 1 aromatic heterocycles. The summed E-state index contributed by atoms with van der Waals surface area (Å²) in [6.45, 7) is 0.307. The minimum absolute atomic E-state index is 0.00618. The molecule has 0 bridgehead atoms. The van der Waals surface area contributed by atoms with Gasteiger partial charge in [-0.1, -0.05) is 24.3 Å². The van der Waals surface area contributed by atoms with Gasteiger partial charge in [0.15, 0.2) is 11.6 Å². The number of fused-ring (bicyclic) bond motifs is 1. The molecule has 0 spiro atoms. The Morgan fingerprint density at radius 3 is 2.67 bits per heavy atom. The van der Waals surface area contributed by atoms with E-state index in [4.69, 9.17) is 0 Å². The fourth-order valence-electron chi connectivity index (χ4n) is 4.02. The van der Waals surface area contributed by atoms with Crippen LogP contribution < -0.4 is 10.9 Å². The van der Waals surface area contributed by atoms with Gasteiger partial charge in [0.25, 0.3) is 17.4 Å². The molecule has 0 atom stereocenters. The molecule has 9 heteroatoms. The van der Waals surface area contributed by atoms with Crippen molar-refractivity contribution in [1.29, 1.82) is 0 Å². The number of hydrogen-bond acceptors (Lipinski definition) is 4. The van der Waals surface area contributed by atoms with Gasteiger partial charge < -0.3 is 9.88 Å². The molecule has 0 aliphatic carbocycles. The van der Waals surface area contributed by atoms with Gasteiger partial charge >= 0.3 is 0 Å². The summed E-state index contributed by atoms with van der Waals surface area (Å²) < 4.78 is 28.0. The molecule has 5 rings (SSSR count). The number of carbonyl (C=O) groups is 2. The van der Waals surface area contributed by atoms with Crippen LogP contribution in [-0.4, -0.2) is 33.7 Å². The van der Waals surface area contributed by atoms with Crippen LogP contribution in [0.15, 0.2) is 88.9 Å². The summed E-state index contributed by atoms with van der Waals surface area (Å²) in [6.07, 6.45) is 6.89. The van der Waals surface area contributed by atoms with E-state index in [-0.39, 0.29) is 31.1 Å². The van der Waals surface area contributed by atoms with E-state index in [1.807, 2.05) is 30.3 Å². The second-order valence-electron chi connectivity index (χ2n) is 8.34. The van der Waals surface area contributed by atoms with E-state index in [0.29, 0.717) is 11.4 Å². The van der Waals surface area contributed by atoms with Crippen LogP contribution in [0, 0.1) is 11.6 Å². The predicted octanol–water partition coefficient (Wildman–Crippen LogP) is 3.26. The number of hydrogen-bond donors (Lipinski definition) is 1. The highest BCUT2D eigenvalue weighted by Gasteiger charge is 2.24. The molecule has 1 N–H and O–H groups in total. The fraction of sp³-hybridized carbons (Fsp3) is 0.111. The summed E-state index contributed by atoms with van der Waals surface area (Å²) in [5.41, 5.74) is 2.30. The Morgan fingerprint density at radius 2 is 1.83 bits per heavy atom. The molecule has 36 heavy (non-hydrogen) atoms. The van der Waals surface area contributed by atoms with E-state index < -0.39 is 23.1 Å². The van der Waals surface area contributed by atoms with Gasteiger partial charge in [0, 0.05) is 18.9 Å². The first-order valence-corrected chi connectivity index (χ1v) is 11.2. The van der Waals surface area contributed by atoms with Gasteiger partial charge in [-0.2, -0.15) is 0 Å². The maximum Gasteiger partial charge on any atom is 0.263 e. The van der Waals surface area contributed by atoms with Gasteiger partial charge in [0.2, 0.25) is 0 Å². The molecule has 3 heterocycles. The molecule has 7 nitrogen and oxygen atoms in total. The maximum absolute atomic E-state index is 13.5. The zero-order valence-electron chi connectivity index (χ0n) is 18.9. The number of benzene rings is 2. The van der Waals surface area contributed by atoms with Gasteiger partial charge in [-0.05, 0) is 64.7 Å². The summed E-state index contributed by atoms with van der Waals surface area (Å²) in [7, 11) is 0. The van der Waals surface area contributed by atoms with E-state index in [9.17, 15) is 23.2 Å². The number of aliphatic imine (C=N–C) groups is 1. The zero-order chi connectivity index (χ0) is 25.2. The van der Waals surface area contributed by atoms with Crippen LogP contribution in [-0.2, 0) is 17.9 Å². The number of amides is 2. The Bertz CT molecular complexity index is 1540. The van der Waals surface area contributed by atoms with Crippen molar-refractivity contribution in [2.75, 3.05) is 6.54 Å². The quantitative estimate of drug-likeness (QED) is 0.581. The lowest BCUT2D eigenvalue weighted by molar-refractivity contribution is -0.123. The summed E-state index contributed by atoms with van der Waals surface area (Å²) in [5, 5.41) is 2.75. The van der Waals surface area contributed by atoms with Crippen molar-refractivity contribution in [1.82, 2.24) is 14.8 Å². The number of aromatic nitrogens is 1. The molecule has 2 aliphatic rings. The standard InChI is InChI=1S/C27H20F2N4O3/c28-22-8-6-18(12-23(22)29)15-32-10-2-5-21(27(32)36)26(35)31-13-17-3-1-4-19(11-17)20-7-9-24-30-14-25(34)33(24)16-20/h1-12,16H,13-15H2,(H,31,35). The lowest BCUT2D eigenvalue weighted by Gasteiger charge is -2.18. The van der Waals surface area contributed by atoms with Crippen molar-refractivity contribution >= 4 is 23.2 Å². The third-order valence-electron chi connectivity index (χ3n) is 5.89. The van der Waals surface area contributed by atoms with Crippen LogP contribution in [0.25, 0.3) is 5.57 Å². The van der Waals surface area contributed by atoms with Crippen LogP contribution in [0.5, 0.6) is 0 Å². The summed E-state index contributed by atoms with van der Waals surface area (Å²) in [6, 6.07) is 13.9. The van der Waals surface area contributed by atoms with Crippen LogP contribution in [0.1, 0.15) is 27.0 Å². The minimum atomic E-state index is -1.00. The van der Waals surface area contributed by atoms with Gasteiger partial charge in [-0.3, -0.25) is 24.3 Å². The Balaban J connectivity index is 1.28. The Hall–Kier alpha value is -4.66. The lowest BCUT2D eigenvalue weighted by atomic mass is 10.0. The van der Waals surface area contributed by atoms with E-state index >= 15 is 0 Å². The summed E-state index contributed by atoms with van der Waals surface area (Å²) >= 11 is 0. The number of rotatable bonds is 6. The second-order valence-corrected chi connectivity index (χ2v) is 8.34. The molecular formula is C27H20F2N4O3. The van der Waals surface area contributed by atoms with Crippen LogP contribution >= 0.6 is 0 Å². The third-order valence-corrected chi connectivity index (χ3v) is 5.89. The highest BCUT2D eigenvalue weighted by Crippen LogP contribution is 2.24. The fourth-order valence-corrected chi connectivity index (χ4v) is 4.02. The average Bonchev–Trinajstić information content (AvgIpc) is 3.26. The molecule has 3 aromatic rings. The van der Waals surface area contributed by atoms with Crippen LogP contribution in [0.4, 0.5) is 8.78 Å². The molecule has 180 valence electrons. The molecular weight excluding hydrogens is 466 g/mol. The SMILES string of the molecule is O=C(NCc1cccc(C2=CN3C(=O)CN=C3C=C2)c1)c1cccn(Cc2ccc(F)c(F)c2)c1=O. The first kappa shape index (κ1) is 23.1. The van der Waals surface area contributed by atoms with E-state index in [2.05, 4.69) is 10.3 Å². The number of nitrogens with zero attached hydrogens (tertiary/aromatic N) is 3. The van der Waals surface area contributed by atoms with Gasteiger partial charge in [-0.25, -0.2) is 8.78 Å². The number of amidine groups is 1. The minimum Gasteiger partial charge on any atom is -0.348 e. The Morgan fingerprint density at radius 1 is 0.972 bits per heavy atom. The number of halogens is 2. The molecule has 0 saturated carbocycles. The highest BCUT2D eigenvalue weighted by atomic mass is 19.2. The number of carbonyl (C=O) groups excluding carboxylic acids is 2. The number of allylic oxidation sites excluding steroid dienone is 2. The Kier molecular flexibility index (Phi) is 6.12. The maximum atomic E-state index is 13.5. The van der Waals surface area contributed by atoms with E-state index in [1.54, 1.807) is 18.3 Å². The molecule has 2 amide bonds. The summed E-state index contributed by atoms with van der Waals surface area (Å²) in [5.74, 6) is -2.00. The number of pyridine rings is 1. The smallest absolute Gasteiger partial charge is 0.263 e. The Labute approximate surface area is 204 Å². The second kappa shape index (κ2) is 9.53. The topological polar surface area (TPSA) is 83.8 Å². The van der Waals surface area contributed by atoms with Crippen LogP contribution in [0.2, 0.25) is 0 Å². The average molecular weight is 486 g/mol. The lowest BCUT2D eigenvalue weighted by Crippen LogP contribution is -2.32. The molecule has 0 saturated heterocycles. The van der Waals surface area contributed by atoms with E-state index in [1.165, 1.54) is 27.8 Å². The first-order chi connectivity index (χ1) is 17.4. The highest BCUT2D eigenvalue weighted by molar-refractivity contribution is 6.13.